The molecule has 2 aromatic rings. The van der Waals surface area contributed by atoms with Crippen LogP contribution >= 0.6 is 0 Å². The highest BCUT2D eigenvalue weighted by Gasteiger charge is 2.20. The second kappa shape index (κ2) is 6.64. The molecule has 0 radical (unpaired) electrons. The SMILES string of the molecule is CN1CCC(Oc2ccc(OCc3ccccc3)cc2)C1. The number of hydrogen-bond acceptors (Lipinski definition) is 3. The van der Waals surface area contributed by atoms with Gasteiger partial charge in [-0.15, -0.1) is 0 Å². The quantitative estimate of drug-likeness (QED) is 0.840. The zero-order valence-electron chi connectivity index (χ0n) is 12.4. The summed E-state index contributed by atoms with van der Waals surface area (Å²) in [5.74, 6) is 1.79. The smallest absolute Gasteiger partial charge is 0.120 e. The molecule has 0 aromatic heterocycles. The van der Waals surface area contributed by atoms with Gasteiger partial charge < -0.3 is 14.4 Å². The molecule has 1 saturated heterocycles. The topological polar surface area (TPSA) is 21.7 Å². The van der Waals surface area contributed by atoms with Crippen LogP contribution in [0, 0.1) is 0 Å². The molecule has 1 heterocycles. The molecule has 1 unspecified atom stereocenters. The van der Waals surface area contributed by atoms with Gasteiger partial charge in [-0.2, -0.15) is 0 Å². The molecule has 0 saturated carbocycles. The van der Waals surface area contributed by atoms with Crippen molar-refractivity contribution < 1.29 is 9.47 Å². The molecule has 0 amide bonds. The minimum Gasteiger partial charge on any atom is -0.489 e. The lowest BCUT2D eigenvalue weighted by molar-refractivity contribution is 0.207. The summed E-state index contributed by atoms with van der Waals surface area (Å²) in [6, 6.07) is 18.1. The van der Waals surface area contributed by atoms with Crippen LogP contribution in [-0.2, 0) is 6.61 Å². The fourth-order valence-corrected chi connectivity index (χ4v) is 2.54. The zero-order chi connectivity index (χ0) is 14.5. The molecular weight excluding hydrogens is 262 g/mol. The van der Waals surface area contributed by atoms with Gasteiger partial charge in [0, 0.05) is 13.1 Å². The molecule has 3 heteroatoms. The lowest BCUT2D eigenvalue weighted by Gasteiger charge is -2.14. The molecule has 110 valence electrons. The number of hydrogen-bond donors (Lipinski definition) is 0. The van der Waals surface area contributed by atoms with Crippen LogP contribution in [0.1, 0.15) is 12.0 Å². The molecule has 1 aliphatic heterocycles. The van der Waals surface area contributed by atoms with Crippen molar-refractivity contribution in [1.82, 2.24) is 4.90 Å². The van der Waals surface area contributed by atoms with Crippen molar-refractivity contribution in [1.29, 1.82) is 0 Å². The van der Waals surface area contributed by atoms with Gasteiger partial charge in [0.2, 0.25) is 0 Å². The summed E-state index contributed by atoms with van der Waals surface area (Å²) < 4.78 is 11.7. The van der Waals surface area contributed by atoms with Crippen molar-refractivity contribution in [2.75, 3.05) is 20.1 Å². The van der Waals surface area contributed by atoms with E-state index < -0.39 is 0 Å². The molecule has 3 rings (SSSR count). The monoisotopic (exact) mass is 283 g/mol. The predicted molar refractivity (Wildman–Crippen MR) is 83.7 cm³/mol. The standard InChI is InChI=1S/C18H21NO2/c1-19-12-11-18(13-19)21-17-9-7-16(8-10-17)20-14-15-5-3-2-4-6-15/h2-10,18H,11-14H2,1H3. The van der Waals surface area contributed by atoms with Gasteiger partial charge in [-0.3, -0.25) is 0 Å². The normalized spacial score (nSPS) is 18.6. The summed E-state index contributed by atoms with van der Waals surface area (Å²) >= 11 is 0. The van der Waals surface area contributed by atoms with E-state index in [4.69, 9.17) is 9.47 Å². The first-order valence-corrected chi connectivity index (χ1v) is 7.41. The average molecular weight is 283 g/mol. The van der Waals surface area contributed by atoms with E-state index in [0.717, 1.165) is 31.0 Å². The summed E-state index contributed by atoms with van der Waals surface area (Å²) in [6.45, 7) is 2.71. The highest BCUT2D eigenvalue weighted by Crippen LogP contribution is 2.21. The molecule has 2 aromatic carbocycles. The van der Waals surface area contributed by atoms with Crippen LogP contribution in [0.25, 0.3) is 0 Å². The molecule has 1 atom stereocenters. The second-order valence-electron chi connectivity index (χ2n) is 5.54. The Labute approximate surface area is 126 Å². The Morgan fingerprint density at radius 2 is 1.71 bits per heavy atom. The fraction of sp³-hybridized carbons (Fsp3) is 0.333. The van der Waals surface area contributed by atoms with Gasteiger partial charge in [0.1, 0.15) is 24.2 Å². The number of benzene rings is 2. The van der Waals surface area contributed by atoms with Crippen LogP contribution in [0.15, 0.2) is 54.6 Å². The fourth-order valence-electron chi connectivity index (χ4n) is 2.54. The molecule has 0 bridgehead atoms. The van der Waals surface area contributed by atoms with Gasteiger partial charge in [0.15, 0.2) is 0 Å². The second-order valence-corrected chi connectivity index (χ2v) is 5.54. The first kappa shape index (κ1) is 14.0. The van der Waals surface area contributed by atoms with Crippen LogP contribution in [0.4, 0.5) is 0 Å². The van der Waals surface area contributed by atoms with E-state index >= 15 is 0 Å². The summed E-state index contributed by atoms with van der Waals surface area (Å²) in [6.07, 6.45) is 1.41. The number of ether oxygens (including phenoxy) is 2. The average Bonchev–Trinajstić information content (AvgIpc) is 2.93. The summed E-state index contributed by atoms with van der Waals surface area (Å²) in [7, 11) is 2.13. The maximum absolute atomic E-state index is 5.97. The third-order valence-electron chi connectivity index (χ3n) is 3.72. The molecule has 0 spiro atoms. The maximum Gasteiger partial charge on any atom is 0.120 e. The Kier molecular flexibility index (Phi) is 4.41. The Morgan fingerprint density at radius 1 is 1.00 bits per heavy atom. The summed E-state index contributed by atoms with van der Waals surface area (Å²) in [5.41, 5.74) is 1.17. The number of likely N-dealkylation sites (N-methyl/N-ethyl adjacent to an activating group) is 1. The van der Waals surface area contributed by atoms with E-state index in [-0.39, 0.29) is 0 Å². The largest absolute Gasteiger partial charge is 0.489 e. The van der Waals surface area contributed by atoms with Gasteiger partial charge in [0.25, 0.3) is 0 Å². The highest BCUT2D eigenvalue weighted by atomic mass is 16.5. The van der Waals surface area contributed by atoms with E-state index in [1.807, 2.05) is 42.5 Å². The van der Waals surface area contributed by atoms with Crippen molar-refractivity contribution in [2.24, 2.45) is 0 Å². The van der Waals surface area contributed by atoms with E-state index in [1.54, 1.807) is 0 Å². The van der Waals surface area contributed by atoms with Gasteiger partial charge in [-0.1, -0.05) is 30.3 Å². The van der Waals surface area contributed by atoms with Crippen LogP contribution in [0.5, 0.6) is 11.5 Å². The Morgan fingerprint density at radius 3 is 2.38 bits per heavy atom. The minimum atomic E-state index is 0.311. The van der Waals surface area contributed by atoms with E-state index in [1.165, 1.54) is 5.56 Å². The minimum absolute atomic E-state index is 0.311. The van der Waals surface area contributed by atoms with E-state index in [9.17, 15) is 0 Å². The third kappa shape index (κ3) is 3.99. The van der Waals surface area contributed by atoms with Gasteiger partial charge >= 0.3 is 0 Å². The Bertz CT molecular complexity index is 553. The maximum atomic E-state index is 5.97. The Hall–Kier alpha value is -2.00. The van der Waals surface area contributed by atoms with Crippen molar-refractivity contribution >= 4 is 0 Å². The van der Waals surface area contributed by atoms with Crippen molar-refractivity contribution in [3.05, 3.63) is 60.2 Å². The van der Waals surface area contributed by atoms with E-state index in [2.05, 4.69) is 24.1 Å². The van der Waals surface area contributed by atoms with Gasteiger partial charge in [-0.25, -0.2) is 0 Å². The Balaban J connectivity index is 1.52. The van der Waals surface area contributed by atoms with Gasteiger partial charge in [-0.05, 0) is 43.3 Å². The number of rotatable bonds is 5. The number of nitrogens with zero attached hydrogens (tertiary/aromatic N) is 1. The zero-order valence-corrected chi connectivity index (χ0v) is 12.4. The third-order valence-corrected chi connectivity index (χ3v) is 3.72. The summed E-state index contributed by atoms with van der Waals surface area (Å²) in [4.78, 5) is 2.29. The first-order chi connectivity index (χ1) is 10.3. The molecule has 0 aliphatic carbocycles. The molecule has 0 N–H and O–H groups in total. The lowest BCUT2D eigenvalue weighted by atomic mass is 10.2. The highest BCUT2D eigenvalue weighted by molar-refractivity contribution is 5.31. The van der Waals surface area contributed by atoms with Crippen LogP contribution in [-0.4, -0.2) is 31.1 Å². The number of likely N-dealkylation sites (tertiary alicyclic amines) is 1. The van der Waals surface area contributed by atoms with Crippen LogP contribution in [0.2, 0.25) is 0 Å². The van der Waals surface area contributed by atoms with E-state index in [0.29, 0.717) is 12.7 Å². The van der Waals surface area contributed by atoms with Crippen LogP contribution < -0.4 is 9.47 Å². The molecule has 1 fully saturated rings. The first-order valence-electron chi connectivity index (χ1n) is 7.41. The molecule has 3 nitrogen and oxygen atoms in total. The molecular formula is C18H21NO2. The lowest BCUT2D eigenvalue weighted by Crippen LogP contribution is -2.21. The summed E-state index contributed by atoms with van der Waals surface area (Å²) in [5, 5.41) is 0. The van der Waals surface area contributed by atoms with Gasteiger partial charge in [0.05, 0.1) is 0 Å². The van der Waals surface area contributed by atoms with Crippen molar-refractivity contribution in [3.8, 4) is 11.5 Å². The van der Waals surface area contributed by atoms with Crippen molar-refractivity contribution in [2.45, 2.75) is 19.1 Å². The molecule has 1 aliphatic rings. The molecule has 21 heavy (non-hydrogen) atoms. The van der Waals surface area contributed by atoms with Crippen LogP contribution in [0.3, 0.4) is 0 Å². The van der Waals surface area contributed by atoms with Crippen molar-refractivity contribution in [3.63, 3.8) is 0 Å². The predicted octanol–water partition coefficient (Wildman–Crippen LogP) is 3.35.